The SMILES string of the molecule is CN(C)c1ccc(N=Nc2ccccn2)cc1.F[P-](F)(F)(F)(F)F.[Cl-].[Ru+2].c1ccc(-c2ccccc2)cc1. The van der Waals surface area contributed by atoms with Gasteiger partial charge in [0.15, 0.2) is 5.82 Å². The summed E-state index contributed by atoms with van der Waals surface area (Å²) in [7, 11) is -6.65. The molecule has 0 aliphatic rings. The summed E-state index contributed by atoms with van der Waals surface area (Å²) in [6.07, 6.45) is 1.70. The molecular formula is C25H24ClF6N4PRu. The number of pyridine rings is 1. The second kappa shape index (κ2) is 14.3. The van der Waals surface area contributed by atoms with E-state index in [0.29, 0.717) is 5.82 Å². The third kappa shape index (κ3) is 17.6. The van der Waals surface area contributed by atoms with E-state index in [1.54, 1.807) is 6.20 Å². The van der Waals surface area contributed by atoms with Gasteiger partial charge in [-0.05, 0) is 47.5 Å². The van der Waals surface area contributed by atoms with Gasteiger partial charge in [0.25, 0.3) is 0 Å². The van der Waals surface area contributed by atoms with Crippen molar-refractivity contribution in [2.45, 2.75) is 0 Å². The molecule has 1 aromatic heterocycles. The van der Waals surface area contributed by atoms with Gasteiger partial charge in [-0.25, -0.2) is 4.98 Å². The Kier molecular flexibility index (Phi) is 13.3. The van der Waals surface area contributed by atoms with Crippen molar-refractivity contribution < 1.29 is 57.1 Å². The van der Waals surface area contributed by atoms with Crippen LogP contribution in [0.2, 0.25) is 0 Å². The Morgan fingerprint density at radius 3 is 1.39 bits per heavy atom. The van der Waals surface area contributed by atoms with Gasteiger partial charge in [0.2, 0.25) is 0 Å². The Morgan fingerprint density at radius 1 is 0.605 bits per heavy atom. The molecule has 206 valence electrons. The predicted octanol–water partition coefficient (Wildman–Crippen LogP) is 7.30. The zero-order valence-electron chi connectivity index (χ0n) is 20.1. The van der Waals surface area contributed by atoms with Gasteiger partial charge < -0.3 is 17.3 Å². The molecule has 0 radical (unpaired) electrons. The first-order valence-electron chi connectivity index (χ1n) is 10.4. The fourth-order valence-electron chi connectivity index (χ4n) is 2.60. The minimum Gasteiger partial charge on any atom is -1.00 e. The Hall–Kier alpha value is -2.87. The molecule has 4 rings (SSSR count). The van der Waals surface area contributed by atoms with Gasteiger partial charge in [-0.3, -0.25) is 0 Å². The topological polar surface area (TPSA) is 40.9 Å². The Labute approximate surface area is 236 Å². The molecule has 0 amide bonds. The number of azo groups is 1. The molecule has 38 heavy (non-hydrogen) atoms. The van der Waals surface area contributed by atoms with Gasteiger partial charge in [-0.2, -0.15) is 0 Å². The maximum Gasteiger partial charge on any atom is 2.00 e. The maximum absolute atomic E-state index is 10.7. The van der Waals surface area contributed by atoms with E-state index in [2.05, 4.69) is 63.7 Å². The molecule has 0 saturated carbocycles. The molecule has 4 aromatic rings. The van der Waals surface area contributed by atoms with Crippen molar-refractivity contribution in [3.63, 3.8) is 0 Å². The minimum atomic E-state index is -10.7. The minimum absolute atomic E-state index is 0. The molecule has 0 fully saturated rings. The van der Waals surface area contributed by atoms with E-state index in [1.165, 1.54) is 11.1 Å². The molecule has 0 atom stereocenters. The maximum atomic E-state index is 9.87. The molecule has 1 heterocycles. The van der Waals surface area contributed by atoms with Crippen molar-refractivity contribution in [3.05, 3.63) is 109 Å². The summed E-state index contributed by atoms with van der Waals surface area (Å²) in [5.74, 6) is 0.615. The van der Waals surface area contributed by atoms with Crippen LogP contribution >= 0.6 is 7.81 Å². The van der Waals surface area contributed by atoms with Gasteiger partial charge in [0.1, 0.15) is 0 Å². The molecule has 0 aliphatic carbocycles. The van der Waals surface area contributed by atoms with E-state index in [9.17, 15) is 25.2 Å². The second-order valence-electron chi connectivity index (χ2n) is 7.49. The number of hydrogen-bond donors (Lipinski definition) is 0. The Balaban J connectivity index is 0.000000574. The predicted molar refractivity (Wildman–Crippen MR) is 135 cm³/mol. The first kappa shape index (κ1) is 35.1. The zero-order valence-corrected chi connectivity index (χ0v) is 23.5. The first-order chi connectivity index (χ1) is 16.7. The van der Waals surface area contributed by atoms with E-state index in [1.807, 2.05) is 73.6 Å². The van der Waals surface area contributed by atoms with Gasteiger partial charge in [0, 0.05) is 26.0 Å². The van der Waals surface area contributed by atoms with E-state index in [0.717, 1.165) is 11.4 Å². The van der Waals surface area contributed by atoms with Crippen LogP contribution in [0.25, 0.3) is 11.1 Å². The van der Waals surface area contributed by atoms with Crippen molar-refractivity contribution >= 4 is 25.0 Å². The number of anilines is 1. The summed E-state index contributed by atoms with van der Waals surface area (Å²) in [4.78, 5) is 6.11. The molecule has 0 bridgehead atoms. The number of nitrogens with zero attached hydrogens (tertiary/aromatic N) is 4. The summed E-state index contributed by atoms with van der Waals surface area (Å²) in [5.41, 5.74) is 4.51. The fraction of sp³-hybridized carbons (Fsp3) is 0.0800. The normalized spacial score (nSPS) is 12.1. The Bertz CT molecular complexity index is 1180. The first-order valence-corrected chi connectivity index (χ1v) is 12.5. The van der Waals surface area contributed by atoms with Crippen molar-refractivity contribution in [2.24, 2.45) is 10.2 Å². The summed E-state index contributed by atoms with van der Waals surface area (Å²) in [6, 6.07) is 34.2. The van der Waals surface area contributed by atoms with Crippen LogP contribution in [0.15, 0.2) is 120 Å². The van der Waals surface area contributed by atoms with Crippen molar-refractivity contribution in [1.82, 2.24) is 4.98 Å². The number of halogens is 7. The van der Waals surface area contributed by atoms with Crippen molar-refractivity contribution in [1.29, 1.82) is 0 Å². The summed E-state index contributed by atoms with van der Waals surface area (Å²) >= 11 is 0. The van der Waals surface area contributed by atoms with Crippen LogP contribution < -0.4 is 17.3 Å². The number of benzene rings is 3. The largest absolute Gasteiger partial charge is 2.00 e. The third-order valence-electron chi connectivity index (χ3n) is 4.16. The number of aromatic nitrogens is 1. The quantitative estimate of drug-likeness (QED) is 0.0997. The van der Waals surface area contributed by atoms with Crippen molar-refractivity contribution in [2.75, 3.05) is 19.0 Å². The van der Waals surface area contributed by atoms with Gasteiger partial charge in [0.05, 0.1) is 5.69 Å². The van der Waals surface area contributed by atoms with Gasteiger partial charge in [-0.1, -0.05) is 66.7 Å². The van der Waals surface area contributed by atoms with E-state index in [-0.39, 0.29) is 31.9 Å². The molecule has 13 heteroatoms. The smallest absolute Gasteiger partial charge is 1.00 e. The monoisotopic (exact) mass is 662 g/mol. The summed E-state index contributed by atoms with van der Waals surface area (Å²) in [5, 5.41) is 8.17. The van der Waals surface area contributed by atoms with Crippen LogP contribution in [-0.2, 0) is 19.5 Å². The third-order valence-corrected chi connectivity index (χ3v) is 4.16. The van der Waals surface area contributed by atoms with Gasteiger partial charge in [-0.15, -0.1) is 10.2 Å². The Morgan fingerprint density at radius 2 is 1.03 bits per heavy atom. The average molecular weight is 662 g/mol. The molecule has 4 nitrogen and oxygen atoms in total. The molecule has 0 unspecified atom stereocenters. The van der Waals surface area contributed by atoms with Crippen LogP contribution in [0, 0.1) is 0 Å². The van der Waals surface area contributed by atoms with Crippen molar-refractivity contribution in [3.8, 4) is 11.1 Å². The van der Waals surface area contributed by atoms with Gasteiger partial charge >= 0.3 is 52.5 Å². The van der Waals surface area contributed by atoms with E-state index >= 15 is 0 Å². The average Bonchev–Trinajstić information content (AvgIpc) is 2.83. The zero-order chi connectivity index (χ0) is 26.7. The van der Waals surface area contributed by atoms with Crippen LogP contribution in [0.3, 0.4) is 0 Å². The molecule has 3 aromatic carbocycles. The molecule has 0 saturated heterocycles. The van der Waals surface area contributed by atoms with E-state index < -0.39 is 7.81 Å². The summed E-state index contributed by atoms with van der Waals surface area (Å²) in [6.45, 7) is 0. The molecular weight excluding hydrogens is 638 g/mol. The second-order valence-corrected chi connectivity index (χ2v) is 9.41. The van der Waals surface area contributed by atoms with E-state index in [4.69, 9.17) is 0 Å². The summed E-state index contributed by atoms with van der Waals surface area (Å²) < 4.78 is 59.2. The standard InChI is InChI=1S/C13H14N4.C12H10.ClH.F6P.Ru/c1-17(2)12-8-6-11(7-9-12)15-16-13-5-3-4-10-14-13;1-3-7-11(8-4-1)12-9-5-2-6-10-12;;1-7(2,3,4,5)6;/h3-10H,1-2H3;1-10H;1H;;/q;;;-1;+2/p-1. The van der Waals surface area contributed by atoms with Crippen LogP contribution in [0.5, 0.6) is 0 Å². The number of hydrogen-bond acceptors (Lipinski definition) is 4. The molecule has 0 N–H and O–H groups in total. The van der Waals surface area contributed by atoms with Crippen LogP contribution in [-0.4, -0.2) is 19.1 Å². The number of rotatable bonds is 4. The molecule has 0 spiro atoms. The van der Waals surface area contributed by atoms with Crippen LogP contribution in [0.4, 0.5) is 42.4 Å². The fourth-order valence-corrected chi connectivity index (χ4v) is 2.60. The molecule has 0 aliphatic heterocycles. The van der Waals surface area contributed by atoms with Crippen LogP contribution in [0.1, 0.15) is 0 Å².